The van der Waals surface area contributed by atoms with Gasteiger partial charge in [-0.3, -0.25) is 24.0 Å². The average molecular weight is 452 g/mol. The van der Waals surface area contributed by atoms with Crippen LogP contribution >= 0.6 is 11.8 Å². The van der Waals surface area contributed by atoms with Gasteiger partial charge < -0.3 is 15.3 Å². The van der Waals surface area contributed by atoms with Gasteiger partial charge >= 0.3 is 0 Å². The minimum absolute atomic E-state index is 0.0426. The van der Waals surface area contributed by atoms with Gasteiger partial charge in [0.2, 0.25) is 11.8 Å². The first-order chi connectivity index (χ1) is 15.0. The van der Waals surface area contributed by atoms with Crippen LogP contribution in [0.15, 0.2) is 12.4 Å². The number of carbonyl (C=O) groups is 3. The largest absolute Gasteiger partial charge is 0.483 e. The van der Waals surface area contributed by atoms with Crippen LogP contribution in [0.4, 0.5) is 0 Å². The Morgan fingerprint density at radius 2 is 2.13 bits per heavy atom. The molecule has 0 spiro atoms. The van der Waals surface area contributed by atoms with Gasteiger partial charge in [-0.05, 0) is 31.4 Å². The summed E-state index contributed by atoms with van der Waals surface area (Å²) in [5, 5.41) is 14.3. The van der Waals surface area contributed by atoms with E-state index in [4.69, 9.17) is 9.90 Å². The summed E-state index contributed by atoms with van der Waals surface area (Å²) in [4.78, 5) is 38.7. The molecule has 0 saturated carbocycles. The summed E-state index contributed by atoms with van der Waals surface area (Å²) in [5.74, 6) is 1.80. The third kappa shape index (κ3) is 5.60. The van der Waals surface area contributed by atoms with E-state index in [1.807, 2.05) is 29.1 Å². The average Bonchev–Trinajstić information content (AvgIpc) is 3.14. The van der Waals surface area contributed by atoms with Gasteiger partial charge in [-0.15, -0.1) is 0 Å². The Balaban J connectivity index is 0.000000858. The fraction of sp³-hybridized carbons (Fsp3) is 0.714. The number of aromatic nitrogens is 2. The van der Waals surface area contributed by atoms with Gasteiger partial charge in [0.25, 0.3) is 6.47 Å². The molecule has 9 nitrogen and oxygen atoms in total. The van der Waals surface area contributed by atoms with Crippen molar-refractivity contribution in [3.8, 4) is 0 Å². The highest BCUT2D eigenvalue weighted by Crippen LogP contribution is 2.42. The van der Waals surface area contributed by atoms with E-state index in [0.717, 1.165) is 44.6 Å². The first kappa shape index (κ1) is 23.6. The molecule has 3 fully saturated rings. The number of nitrogens with one attached hydrogen (secondary N) is 1. The zero-order valence-corrected chi connectivity index (χ0v) is 19.1. The maximum absolute atomic E-state index is 13.1. The molecule has 3 aliphatic heterocycles. The van der Waals surface area contributed by atoms with E-state index in [1.54, 1.807) is 11.8 Å². The zero-order chi connectivity index (χ0) is 22.4. The van der Waals surface area contributed by atoms with Gasteiger partial charge in [-0.1, -0.05) is 0 Å². The number of hydrogen-bond donors (Lipinski definition) is 2. The Morgan fingerprint density at radius 1 is 1.39 bits per heavy atom. The van der Waals surface area contributed by atoms with E-state index < -0.39 is 0 Å². The Labute approximate surface area is 187 Å². The number of hydrogen-bond acceptors (Lipinski definition) is 6. The standard InChI is InChI=1S/C20H31N5O2S.CH2O2/c1-23-10-14(9-22-23)11-24-12-15-8-16(13-24)19(20(27)21-6-7-28-2)25-17(15)4-3-5-18(25)26;2-1-3/h9-10,15-17,19H,3-8,11-13H2,1-2H3,(H,21,27);1H,(H,2,3)/t15-,16+,17+,19-;/m1./s1. The summed E-state index contributed by atoms with van der Waals surface area (Å²) in [6.45, 7) is 3.14. The molecule has 1 aromatic rings. The first-order valence-electron chi connectivity index (χ1n) is 10.8. The van der Waals surface area contributed by atoms with Gasteiger partial charge in [0.1, 0.15) is 6.04 Å². The summed E-state index contributed by atoms with van der Waals surface area (Å²) in [6.07, 6.45) is 9.64. The van der Waals surface area contributed by atoms with Crippen LogP contribution in [0.1, 0.15) is 31.2 Å². The van der Waals surface area contributed by atoms with Crippen LogP contribution in [0.2, 0.25) is 0 Å². The minimum Gasteiger partial charge on any atom is -0.483 e. The summed E-state index contributed by atoms with van der Waals surface area (Å²) >= 11 is 1.72. The first-order valence-corrected chi connectivity index (χ1v) is 12.2. The molecule has 0 unspecified atom stereocenters. The number of amides is 2. The van der Waals surface area contributed by atoms with Crippen molar-refractivity contribution in [1.82, 2.24) is 24.9 Å². The van der Waals surface area contributed by atoms with Crippen LogP contribution in [-0.4, -0.2) is 86.7 Å². The highest BCUT2D eigenvalue weighted by molar-refractivity contribution is 7.98. The summed E-state index contributed by atoms with van der Waals surface area (Å²) < 4.78 is 1.84. The second-order valence-electron chi connectivity index (χ2n) is 8.57. The highest BCUT2D eigenvalue weighted by Gasteiger charge is 2.51. The molecule has 3 aliphatic rings. The van der Waals surface area contributed by atoms with Crippen LogP contribution in [0.3, 0.4) is 0 Å². The predicted molar refractivity (Wildman–Crippen MR) is 118 cm³/mol. The van der Waals surface area contributed by atoms with Crippen molar-refractivity contribution in [2.75, 3.05) is 31.6 Å². The monoisotopic (exact) mass is 451 g/mol. The smallest absolute Gasteiger partial charge is 0.290 e. The molecule has 2 N–H and O–H groups in total. The number of carboxylic acid groups (broad SMARTS) is 1. The van der Waals surface area contributed by atoms with Crippen molar-refractivity contribution in [3.63, 3.8) is 0 Å². The molecular formula is C21H33N5O4S. The van der Waals surface area contributed by atoms with Crippen molar-refractivity contribution in [2.45, 2.75) is 44.3 Å². The molecule has 0 radical (unpaired) electrons. The highest BCUT2D eigenvalue weighted by atomic mass is 32.2. The topological polar surface area (TPSA) is 108 Å². The van der Waals surface area contributed by atoms with Crippen molar-refractivity contribution in [3.05, 3.63) is 18.0 Å². The molecule has 2 amide bonds. The predicted octanol–water partition coefficient (Wildman–Crippen LogP) is 0.802. The second-order valence-corrected chi connectivity index (χ2v) is 9.55. The molecule has 2 bridgehead atoms. The normalized spacial score (nSPS) is 27.7. The van der Waals surface area contributed by atoms with E-state index >= 15 is 0 Å². The molecule has 3 saturated heterocycles. The Bertz CT molecular complexity index is 773. The van der Waals surface area contributed by atoms with Gasteiger partial charge in [0.05, 0.1) is 6.20 Å². The maximum atomic E-state index is 13.1. The zero-order valence-electron chi connectivity index (χ0n) is 18.3. The number of piperidine rings is 3. The van der Waals surface area contributed by atoms with Crippen molar-refractivity contribution >= 4 is 30.0 Å². The van der Waals surface area contributed by atoms with Crippen LogP contribution in [-0.2, 0) is 28.0 Å². The SMILES string of the molecule is CSCCNC(=O)[C@H]1[C@H]2C[C@H](CN(Cc3cnn(C)c3)C2)[C@@H]2CCCC(=O)N21.O=CO. The second kappa shape index (κ2) is 11.0. The van der Waals surface area contributed by atoms with E-state index in [1.165, 1.54) is 5.56 Å². The van der Waals surface area contributed by atoms with Crippen molar-refractivity contribution < 1.29 is 19.5 Å². The van der Waals surface area contributed by atoms with Crippen molar-refractivity contribution in [2.24, 2.45) is 18.9 Å². The maximum Gasteiger partial charge on any atom is 0.290 e. The lowest BCUT2D eigenvalue weighted by molar-refractivity contribution is -0.160. The Morgan fingerprint density at radius 3 is 2.81 bits per heavy atom. The minimum atomic E-state index is -0.312. The lowest BCUT2D eigenvalue weighted by Crippen LogP contribution is -2.68. The lowest BCUT2D eigenvalue weighted by atomic mass is 9.71. The Hall–Kier alpha value is -2.07. The number of fused-ring (bicyclic) bond motifs is 4. The molecule has 31 heavy (non-hydrogen) atoms. The Kier molecular flexibility index (Phi) is 8.36. The van der Waals surface area contributed by atoms with Crippen LogP contribution in [0.5, 0.6) is 0 Å². The summed E-state index contributed by atoms with van der Waals surface area (Å²) in [5.41, 5.74) is 1.21. The summed E-state index contributed by atoms with van der Waals surface area (Å²) in [6, 6.07) is -0.0990. The van der Waals surface area contributed by atoms with E-state index in [9.17, 15) is 9.59 Å². The molecule has 0 aliphatic carbocycles. The molecular weight excluding hydrogens is 418 g/mol. The quantitative estimate of drug-likeness (QED) is 0.487. The van der Waals surface area contributed by atoms with Crippen LogP contribution < -0.4 is 5.32 Å². The number of carbonyl (C=O) groups excluding carboxylic acids is 2. The molecule has 10 heteroatoms. The van der Waals surface area contributed by atoms with E-state index in [2.05, 4.69) is 21.5 Å². The third-order valence-electron chi connectivity index (χ3n) is 6.46. The third-order valence-corrected chi connectivity index (χ3v) is 7.07. The number of rotatable bonds is 6. The molecule has 172 valence electrons. The van der Waals surface area contributed by atoms with Gasteiger partial charge in [-0.25, -0.2) is 0 Å². The van der Waals surface area contributed by atoms with Crippen LogP contribution in [0.25, 0.3) is 0 Å². The van der Waals surface area contributed by atoms with Crippen molar-refractivity contribution in [1.29, 1.82) is 0 Å². The lowest BCUT2D eigenvalue weighted by Gasteiger charge is -2.55. The number of thioether (sulfide) groups is 1. The van der Waals surface area contributed by atoms with Gasteiger partial charge in [0, 0.05) is 69.1 Å². The summed E-state index contributed by atoms with van der Waals surface area (Å²) in [7, 11) is 1.94. The molecule has 4 atom stereocenters. The van der Waals surface area contributed by atoms with E-state index in [-0.39, 0.29) is 36.3 Å². The van der Waals surface area contributed by atoms with Crippen LogP contribution in [0, 0.1) is 11.8 Å². The van der Waals surface area contributed by atoms with Gasteiger partial charge in [-0.2, -0.15) is 16.9 Å². The van der Waals surface area contributed by atoms with E-state index in [0.29, 0.717) is 18.9 Å². The molecule has 4 heterocycles. The number of likely N-dealkylation sites (tertiary alicyclic amines) is 1. The number of nitrogens with zero attached hydrogens (tertiary/aromatic N) is 4. The number of aryl methyl sites for hydroxylation is 1. The molecule has 1 aromatic heterocycles. The molecule has 0 aromatic carbocycles. The van der Waals surface area contributed by atoms with Gasteiger partial charge in [0.15, 0.2) is 0 Å². The molecule has 4 rings (SSSR count). The fourth-order valence-electron chi connectivity index (χ4n) is 5.41. The fourth-order valence-corrected chi connectivity index (χ4v) is 5.72.